The molecule has 3 nitrogen and oxygen atoms in total. The molecule has 3 rings (SSSR count). The van der Waals surface area contributed by atoms with Gasteiger partial charge in [-0.1, -0.05) is 20.8 Å². The lowest BCUT2D eigenvalue weighted by molar-refractivity contribution is -0.172. The van der Waals surface area contributed by atoms with Gasteiger partial charge in [0.05, 0.1) is 12.2 Å². The van der Waals surface area contributed by atoms with Gasteiger partial charge in [-0.15, -0.1) is 0 Å². The van der Waals surface area contributed by atoms with Crippen molar-refractivity contribution in [2.45, 2.75) is 84.7 Å². The lowest BCUT2D eigenvalue weighted by Crippen LogP contribution is -2.57. The molecular formula is C22H38O3. The zero-order chi connectivity index (χ0) is 18.3. The number of ether oxygens (including phenoxy) is 1. The Balaban J connectivity index is 1.82. The molecule has 0 spiro atoms. The summed E-state index contributed by atoms with van der Waals surface area (Å²) in [4.78, 5) is 11.7. The van der Waals surface area contributed by atoms with E-state index in [2.05, 4.69) is 20.8 Å². The monoisotopic (exact) mass is 350 g/mol. The van der Waals surface area contributed by atoms with E-state index >= 15 is 0 Å². The second-order valence-corrected chi connectivity index (χ2v) is 9.65. The number of carbonyl (C=O) groups excluding carboxylic acids is 1. The van der Waals surface area contributed by atoms with E-state index in [9.17, 15) is 9.90 Å². The van der Waals surface area contributed by atoms with Crippen LogP contribution in [0.5, 0.6) is 0 Å². The predicted octanol–water partition coefficient (Wildman–Crippen LogP) is 4.61. The largest absolute Gasteiger partial charge is 0.387 e. The molecule has 3 fully saturated rings. The van der Waals surface area contributed by atoms with Gasteiger partial charge in [0.2, 0.25) is 0 Å². The molecule has 0 bridgehead atoms. The van der Waals surface area contributed by atoms with Gasteiger partial charge in [0, 0.05) is 12.0 Å². The highest BCUT2D eigenvalue weighted by molar-refractivity contribution is 5.59. The van der Waals surface area contributed by atoms with Crippen LogP contribution in [0.1, 0.15) is 79.1 Å². The average molecular weight is 351 g/mol. The van der Waals surface area contributed by atoms with E-state index in [4.69, 9.17) is 4.74 Å². The van der Waals surface area contributed by atoms with Crippen LogP contribution in [0.3, 0.4) is 0 Å². The number of aldehydes is 1. The van der Waals surface area contributed by atoms with Crippen LogP contribution in [-0.2, 0) is 9.53 Å². The SMILES string of the molecule is CCOC[C@@]1(O)CC[C@@]2(CC)[C@H](CC[C@@H]3[C@@H]2CC[C@](C)(C=O)[C@H]3C)C1. The fourth-order valence-corrected chi connectivity index (χ4v) is 6.93. The third-order valence-electron chi connectivity index (χ3n) is 8.78. The molecule has 0 unspecified atom stereocenters. The Morgan fingerprint density at radius 3 is 2.56 bits per heavy atom. The van der Waals surface area contributed by atoms with Gasteiger partial charge in [-0.25, -0.2) is 0 Å². The lowest BCUT2D eigenvalue weighted by atomic mass is 9.43. The third kappa shape index (κ3) is 3.10. The van der Waals surface area contributed by atoms with Crippen LogP contribution in [0, 0.1) is 34.5 Å². The molecule has 7 atom stereocenters. The molecule has 0 aromatic heterocycles. The zero-order valence-corrected chi connectivity index (χ0v) is 16.7. The van der Waals surface area contributed by atoms with E-state index in [0.29, 0.717) is 36.4 Å². The van der Waals surface area contributed by atoms with Gasteiger partial charge >= 0.3 is 0 Å². The summed E-state index contributed by atoms with van der Waals surface area (Å²) in [6.07, 6.45) is 10.0. The summed E-state index contributed by atoms with van der Waals surface area (Å²) >= 11 is 0. The summed E-state index contributed by atoms with van der Waals surface area (Å²) < 4.78 is 5.60. The van der Waals surface area contributed by atoms with Crippen LogP contribution in [0.2, 0.25) is 0 Å². The minimum Gasteiger partial charge on any atom is -0.387 e. The Morgan fingerprint density at radius 1 is 1.16 bits per heavy atom. The van der Waals surface area contributed by atoms with Gasteiger partial charge in [-0.3, -0.25) is 0 Å². The minimum absolute atomic E-state index is 0.132. The Morgan fingerprint density at radius 2 is 1.92 bits per heavy atom. The Labute approximate surface area is 153 Å². The first-order valence-electron chi connectivity index (χ1n) is 10.6. The maximum atomic E-state index is 11.7. The quantitative estimate of drug-likeness (QED) is 0.736. The standard InChI is InChI=1S/C22H38O3/c1-5-22-12-11-21(24,15-25-6-2)13-17(22)7-8-18-16(3)20(4,14-23)10-9-19(18)22/h14,16-19,24H,5-13,15H2,1-4H3/t16-,17+,18-,19-,20+,21+,22-/m0/s1. The molecule has 3 saturated carbocycles. The van der Waals surface area contributed by atoms with Crippen LogP contribution in [0.4, 0.5) is 0 Å². The van der Waals surface area contributed by atoms with Crippen LogP contribution in [0.15, 0.2) is 0 Å². The first kappa shape index (κ1) is 19.4. The Kier molecular flexibility index (Phi) is 5.39. The molecule has 1 N–H and O–H groups in total. The summed E-state index contributed by atoms with van der Waals surface area (Å²) in [5.74, 6) is 2.51. The van der Waals surface area contributed by atoms with Crippen molar-refractivity contribution >= 4 is 6.29 Å². The third-order valence-corrected chi connectivity index (χ3v) is 8.78. The van der Waals surface area contributed by atoms with Crippen LogP contribution in [0.25, 0.3) is 0 Å². The van der Waals surface area contributed by atoms with Crippen molar-refractivity contribution in [3.8, 4) is 0 Å². The van der Waals surface area contributed by atoms with Gasteiger partial charge in [-0.2, -0.15) is 0 Å². The molecule has 3 aliphatic rings. The van der Waals surface area contributed by atoms with Crippen molar-refractivity contribution in [3.05, 3.63) is 0 Å². The van der Waals surface area contributed by atoms with E-state index in [0.717, 1.165) is 31.6 Å². The van der Waals surface area contributed by atoms with E-state index in [-0.39, 0.29) is 5.41 Å². The normalized spacial score (nSPS) is 50.0. The van der Waals surface area contributed by atoms with E-state index in [1.165, 1.54) is 32.0 Å². The lowest BCUT2D eigenvalue weighted by Gasteiger charge is -2.62. The summed E-state index contributed by atoms with van der Waals surface area (Å²) in [5, 5.41) is 11.0. The highest BCUT2D eigenvalue weighted by Crippen LogP contribution is 2.64. The highest BCUT2D eigenvalue weighted by atomic mass is 16.5. The second-order valence-electron chi connectivity index (χ2n) is 9.65. The van der Waals surface area contributed by atoms with Crippen LogP contribution in [-0.4, -0.2) is 30.2 Å². The molecule has 0 aromatic rings. The topological polar surface area (TPSA) is 46.5 Å². The summed E-state index contributed by atoms with van der Waals surface area (Å²) in [6.45, 7) is 10.0. The number of fused-ring (bicyclic) bond motifs is 3. The number of hydrogen-bond donors (Lipinski definition) is 1. The average Bonchev–Trinajstić information content (AvgIpc) is 2.62. The number of rotatable bonds is 5. The number of aliphatic hydroxyl groups is 1. The minimum atomic E-state index is -0.621. The smallest absolute Gasteiger partial charge is 0.126 e. The maximum Gasteiger partial charge on any atom is 0.126 e. The molecule has 0 aromatic carbocycles. The second kappa shape index (κ2) is 6.96. The van der Waals surface area contributed by atoms with Crippen molar-refractivity contribution in [2.24, 2.45) is 34.5 Å². The van der Waals surface area contributed by atoms with Crippen LogP contribution < -0.4 is 0 Å². The van der Waals surface area contributed by atoms with Crippen molar-refractivity contribution in [3.63, 3.8) is 0 Å². The Hall–Kier alpha value is -0.410. The molecule has 0 saturated heterocycles. The van der Waals surface area contributed by atoms with Gasteiger partial charge in [0.25, 0.3) is 0 Å². The van der Waals surface area contributed by atoms with Gasteiger partial charge < -0.3 is 14.6 Å². The number of carbonyl (C=O) groups is 1. The number of hydrogen-bond acceptors (Lipinski definition) is 3. The van der Waals surface area contributed by atoms with E-state index in [1.54, 1.807) is 0 Å². The molecule has 3 aliphatic carbocycles. The fourth-order valence-electron chi connectivity index (χ4n) is 6.93. The first-order valence-corrected chi connectivity index (χ1v) is 10.6. The van der Waals surface area contributed by atoms with Gasteiger partial charge in [0.1, 0.15) is 6.29 Å². The zero-order valence-electron chi connectivity index (χ0n) is 16.7. The van der Waals surface area contributed by atoms with E-state index < -0.39 is 5.60 Å². The van der Waals surface area contributed by atoms with E-state index in [1.807, 2.05) is 6.92 Å². The molecule has 0 aliphatic heterocycles. The van der Waals surface area contributed by atoms with Crippen molar-refractivity contribution in [1.29, 1.82) is 0 Å². The first-order chi connectivity index (χ1) is 11.8. The molecule has 25 heavy (non-hydrogen) atoms. The molecule has 144 valence electrons. The van der Waals surface area contributed by atoms with Gasteiger partial charge in [-0.05, 0) is 87.4 Å². The molecule has 0 heterocycles. The molecule has 3 heteroatoms. The summed E-state index contributed by atoms with van der Waals surface area (Å²) in [5.41, 5.74) is -0.378. The Bertz CT molecular complexity index is 492. The maximum absolute atomic E-state index is 11.7. The highest BCUT2D eigenvalue weighted by Gasteiger charge is 2.58. The predicted molar refractivity (Wildman–Crippen MR) is 100 cm³/mol. The summed E-state index contributed by atoms with van der Waals surface area (Å²) in [6, 6.07) is 0. The molecular weight excluding hydrogens is 312 g/mol. The molecule has 0 radical (unpaired) electrons. The van der Waals surface area contributed by atoms with Gasteiger partial charge in [0.15, 0.2) is 0 Å². The summed E-state index contributed by atoms with van der Waals surface area (Å²) in [7, 11) is 0. The van der Waals surface area contributed by atoms with Crippen molar-refractivity contribution in [1.82, 2.24) is 0 Å². The van der Waals surface area contributed by atoms with Crippen LogP contribution >= 0.6 is 0 Å². The van der Waals surface area contributed by atoms with Crippen molar-refractivity contribution in [2.75, 3.05) is 13.2 Å². The molecule has 0 amide bonds. The fraction of sp³-hybridized carbons (Fsp3) is 0.955. The van der Waals surface area contributed by atoms with Crippen molar-refractivity contribution < 1.29 is 14.6 Å².